The molecule has 1 aliphatic rings. The van der Waals surface area contributed by atoms with Crippen molar-refractivity contribution in [2.45, 2.75) is 13.1 Å². The molecule has 2 heterocycles. The number of hydrogen-bond acceptors (Lipinski definition) is 5. The van der Waals surface area contributed by atoms with Gasteiger partial charge in [0.15, 0.2) is 0 Å². The van der Waals surface area contributed by atoms with Crippen LogP contribution in [-0.4, -0.2) is 19.2 Å². The molecule has 29 heavy (non-hydrogen) atoms. The Morgan fingerprint density at radius 3 is 2.03 bits per heavy atom. The van der Waals surface area contributed by atoms with Crippen molar-refractivity contribution in [2.24, 2.45) is 0 Å². The Balaban J connectivity index is 1.68. The van der Waals surface area contributed by atoms with E-state index in [9.17, 15) is 8.42 Å². The monoisotopic (exact) mass is 406 g/mol. The first-order valence-electron chi connectivity index (χ1n) is 9.39. The van der Waals surface area contributed by atoms with Crippen molar-refractivity contribution in [3.05, 3.63) is 95.8 Å². The number of aromatic nitrogens is 1. The minimum atomic E-state index is -3.30. The van der Waals surface area contributed by atoms with Gasteiger partial charge >= 0.3 is 0 Å². The predicted octanol–water partition coefficient (Wildman–Crippen LogP) is 3.56. The maximum atomic E-state index is 11.8. The molecule has 1 aliphatic heterocycles. The molecule has 0 bridgehead atoms. The summed E-state index contributed by atoms with van der Waals surface area (Å²) >= 11 is 0. The predicted molar refractivity (Wildman–Crippen MR) is 116 cm³/mol. The molecule has 148 valence electrons. The van der Waals surface area contributed by atoms with Crippen LogP contribution in [0, 0.1) is 0 Å². The SMILES string of the molecule is CCS(=O)(=O)Nc1ccc(C2=C(c3ccncc3)NC(c3ccccc3)N2)cc1. The molecule has 7 heteroatoms. The Hall–Kier alpha value is -3.32. The number of nitrogens with zero attached hydrogens (tertiary/aromatic N) is 1. The molecule has 2 aromatic carbocycles. The lowest BCUT2D eigenvalue weighted by Gasteiger charge is -2.15. The number of sulfonamides is 1. The Kier molecular flexibility index (Phi) is 5.22. The fourth-order valence-corrected chi connectivity index (χ4v) is 3.85. The molecule has 0 fully saturated rings. The van der Waals surface area contributed by atoms with Crippen molar-refractivity contribution in [1.82, 2.24) is 15.6 Å². The molecule has 0 amide bonds. The normalized spacial score (nSPS) is 16.2. The van der Waals surface area contributed by atoms with Crippen LogP contribution in [0.15, 0.2) is 79.1 Å². The minimum Gasteiger partial charge on any atom is -0.359 e. The summed E-state index contributed by atoms with van der Waals surface area (Å²) < 4.78 is 26.2. The van der Waals surface area contributed by atoms with Gasteiger partial charge in [-0.05, 0) is 42.3 Å². The highest BCUT2D eigenvalue weighted by molar-refractivity contribution is 7.92. The van der Waals surface area contributed by atoms with E-state index in [1.807, 2.05) is 42.5 Å². The van der Waals surface area contributed by atoms with Gasteiger partial charge < -0.3 is 10.6 Å². The molecule has 1 aromatic heterocycles. The highest BCUT2D eigenvalue weighted by Gasteiger charge is 2.25. The van der Waals surface area contributed by atoms with Gasteiger partial charge in [-0.15, -0.1) is 0 Å². The van der Waals surface area contributed by atoms with Gasteiger partial charge in [-0.2, -0.15) is 0 Å². The van der Waals surface area contributed by atoms with Gasteiger partial charge in [0.2, 0.25) is 10.0 Å². The summed E-state index contributed by atoms with van der Waals surface area (Å²) in [5, 5.41) is 7.12. The number of hydrogen-bond donors (Lipinski definition) is 3. The summed E-state index contributed by atoms with van der Waals surface area (Å²) in [7, 11) is -3.30. The van der Waals surface area contributed by atoms with Crippen LogP contribution in [-0.2, 0) is 10.0 Å². The Labute approximate surface area is 170 Å². The van der Waals surface area contributed by atoms with Crippen molar-refractivity contribution in [3.8, 4) is 0 Å². The van der Waals surface area contributed by atoms with Gasteiger partial charge in [-0.3, -0.25) is 9.71 Å². The Morgan fingerprint density at radius 1 is 0.862 bits per heavy atom. The largest absolute Gasteiger partial charge is 0.359 e. The average Bonchev–Trinajstić information content (AvgIpc) is 3.21. The molecule has 0 radical (unpaired) electrons. The maximum absolute atomic E-state index is 11.8. The summed E-state index contributed by atoms with van der Waals surface area (Å²) in [6, 6.07) is 21.4. The molecule has 3 aromatic rings. The van der Waals surface area contributed by atoms with E-state index >= 15 is 0 Å². The van der Waals surface area contributed by atoms with Crippen LogP contribution in [0.2, 0.25) is 0 Å². The molecule has 1 unspecified atom stereocenters. The molecule has 4 rings (SSSR count). The van der Waals surface area contributed by atoms with E-state index in [4.69, 9.17) is 0 Å². The molecular weight excluding hydrogens is 384 g/mol. The van der Waals surface area contributed by atoms with Crippen LogP contribution >= 0.6 is 0 Å². The highest BCUT2D eigenvalue weighted by Crippen LogP contribution is 2.32. The van der Waals surface area contributed by atoms with Gasteiger partial charge in [0.25, 0.3) is 0 Å². The number of benzene rings is 2. The first-order chi connectivity index (χ1) is 14.1. The van der Waals surface area contributed by atoms with Crippen molar-refractivity contribution in [2.75, 3.05) is 10.5 Å². The lowest BCUT2D eigenvalue weighted by molar-refractivity contribution is 0.602. The summed E-state index contributed by atoms with van der Waals surface area (Å²) in [5.74, 6) is 0.0380. The van der Waals surface area contributed by atoms with Crippen LogP contribution in [0.4, 0.5) is 5.69 Å². The first-order valence-corrected chi connectivity index (χ1v) is 11.0. The average molecular weight is 407 g/mol. The molecule has 3 N–H and O–H groups in total. The first kappa shape index (κ1) is 19.0. The minimum absolute atomic E-state index is 0.0380. The fourth-order valence-electron chi connectivity index (χ4n) is 3.21. The number of pyridine rings is 1. The quantitative estimate of drug-likeness (QED) is 0.583. The van der Waals surface area contributed by atoms with Crippen LogP contribution in [0.1, 0.15) is 29.8 Å². The second-order valence-electron chi connectivity index (χ2n) is 6.70. The van der Waals surface area contributed by atoms with Gasteiger partial charge in [0.1, 0.15) is 6.17 Å². The van der Waals surface area contributed by atoms with E-state index in [2.05, 4.69) is 32.5 Å². The zero-order valence-corrected chi connectivity index (χ0v) is 16.8. The second-order valence-corrected chi connectivity index (χ2v) is 8.71. The molecule has 0 aliphatic carbocycles. The molecule has 0 saturated carbocycles. The van der Waals surface area contributed by atoms with Crippen LogP contribution in [0.3, 0.4) is 0 Å². The number of anilines is 1. The molecular formula is C22H22N4O2S. The standard InChI is InChI=1S/C22H22N4O2S/c1-2-29(27,28)26-19-10-8-16(9-11-19)20-21(17-12-14-23-15-13-17)25-22(24-20)18-6-4-3-5-7-18/h3-15,22,24-26H,2H2,1H3. The van der Waals surface area contributed by atoms with E-state index < -0.39 is 10.0 Å². The lowest BCUT2D eigenvalue weighted by atomic mass is 10.1. The molecule has 0 spiro atoms. The third kappa shape index (κ3) is 4.25. The van der Waals surface area contributed by atoms with Crippen LogP contribution in [0.25, 0.3) is 11.4 Å². The molecule has 1 atom stereocenters. The van der Waals surface area contributed by atoms with E-state index in [1.165, 1.54) is 0 Å². The van der Waals surface area contributed by atoms with Gasteiger partial charge in [0, 0.05) is 23.6 Å². The number of nitrogens with one attached hydrogen (secondary N) is 3. The van der Waals surface area contributed by atoms with Gasteiger partial charge in [0.05, 0.1) is 17.1 Å². The van der Waals surface area contributed by atoms with Crippen molar-refractivity contribution < 1.29 is 8.42 Å². The van der Waals surface area contributed by atoms with E-state index in [0.29, 0.717) is 5.69 Å². The fraction of sp³-hybridized carbons (Fsp3) is 0.136. The zero-order valence-electron chi connectivity index (χ0n) is 16.0. The van der Waals surface area contributed by atoms with E-state index in [0.717, 1.165) is 28.1 Å². The lowest BCUT2D eigenvalue weighted by Crippen LogP contribution is -2.23. The van der Waals surface area contributed by atoms with Crippen molar-refractivity contribution >= 4 is 27.1 Å². The Bertz CT molecular complexity index is 1110. The zero-order chi connectivity index (χ0) is 20.3. The molecule has 6 nitrogen and oxygen atoms in total. The third-order valence-electron chi connectivity index (χ3n) is 4.76. The smallest absolute Gasteiger partial charge is 0.232 e. The molecule has 0 saturated heterocycles. The highest BCUT2D eigenvalue weighted by atomic mass is 32.2. The summed E-state index contributed by atoms with van der Waals surface area (Å²) in [6.07, 6.45) is 3.47. The summed E-state index contributed by atoms with van der Waals surface area (Å²) in [6.45, 7) is 1.61. The van der Waals surface area contributed by atoms with E-state index in [-0.39, 0.29) is 11.9 Å². The Morgan fingerprint density at radius 2 is 1.45 bits per heavy atom. The second kappa shape index (κ2) is 7.97. The maximum Gasteiger partial charge on any atom is 0.232 e. The van der Waals surface area contributed by atoms with Gasteiger partial charge in [-0.25, -0.2) is 8.42 Å². The van der Waals surface area contributed by atoms with Crippen molar-refractivity contribution in [1.29, 1.82) is 0 Å². The van der Waals surface area contributed by atoms with E-state index in [1.54, 1.807) is 31.5 Å². The van der Waals surface area contributed by atoms with Crippen LogP contribution < -0.4 is 15.4 Å². The topological polar surface area (TPSA) is 83.1 Å². The van der Waals surface area contributed by atoms with Crippen molar-refractivity contribution in [3.63, 3.8) is 0 Å². The third-order valence-corrected chi connectivity index (χ3v) is 6.06. The number of rotatable bonds is 6. The summed E-state index contributed by atoms with van der Waals surface area (Å²) in [4.78, 5) is 4.11. The van der Waals surface area contributed by atoms with Crippen LogP contribution in [0.5, 0.6) is 0 Å². The van der Waals surface area contributed by atoms with Gasteiger partial charge in [-0.1, -0.05) is 42.5 Å². The summed E-state index contributed by atoms with van der Waals surface area (Å²) in [5.41, 5.74) is 5.59.